The molecule has 1 aromatic rings. The summed E-state index contributed by atoms with van der Waals surface area (Å²) in [5, 5.41) is 6.10. The molecule has 0 aliphatic heterocycles. The van der Waals surface area contributed by atoms with Crippen molar-refractivity contribution in [2.45, 2.75) is 39.7 Å². The topological polar surface area (TPSA) is 50.4 Å². The van der Waals surface area contributed by atoms with Crippen LogP contribution in [0.5, 0.6) is 5.75 Å². The Balaban J connectivity index is 2.32. The fraction of sp³-hybridized carbons (Fsp3) is 0.562. The van der Waals surface area contributed by atoms with E-state index >= 15 is 0 Å². The number of methoxy groups -OCH3 is 1. The number of benzene rings is 1. The van der Waals surface area contributed by atoms with Gasteiger partial charge < -0.3 is 15.4 Å². The maximum atomic E-state index is 11.8. The second-order valence-electron chi connectivity index (χ2n) is 5.53. The molecule has 1 aromatic carbocycles. The van der Waals surface area contributed by atoms with Crippen molar-refractivity contribution in [1.82, 2.24) is 5.32 Å². The molecule has 0 saturated heterocycles. The third-order valence-corrected chi connectivity index (χ3v) is 3.14. The molecule has 1 amide bonds. The van der Waals surface area contributed by atoms with E-state index in [-0.39, 0.29) is 5.91 Å². The number of anilines is 1. The molecule has 1 atom stereocenters. The van der Waals surface area contributed by atoms with Gasteiger partial charge in [0.1, 0.15) is 5.75 Å². The van der Waals surface area contributed by atoms with Gasteiger partial charge in [-0.05, 0) is 37.8 Å². The molecule has 0 aromatic heterocycles. The summed E-state index contributed by atoms with van der Waals surface area (Å²) in [6, 6.07) is 7.71. The third kappa shape index (κ3) is 6.57. The molecule has 4 heteroatoms. The molecule has 0 unspecified atom stereocenters. The van der Waals surface area contributed by atoms with Crippen LogP contribution in [0.4, 0.5) is 5.69 Å². The third-order valence-electron chi connectivity index (χ3n) is 3.14. The molecule has 1 rings (SSSR count). The van der Waals surface area contributed by atoms with Crippen molar-refractivity contribution in [3.05, 3.63) is 24.3 Å². The van der Waals surface area contributed by atoms with E-state index in [2.05, 4.69) is 31.4 Å². The number of carbonyl (C=O) groups excluding carboxylic acids is 1. The van der Waals surface area contributed by atoms with Crippen molar-refractivity contribution in [1.29, 1.82) is 0 Å². The molecule has 0 heterocycles. The first-order valence-electron chi connectivity index (χ1n) is 7.18. The van der Waals surface area contributed by atoms with Gasteiger partial charge in [0.15, 0.2) is 0 Å². The van der Waals surface area contributed by atoms with E-state index in [0.717, 1.165) is 17.9 Å². The lowest BCUT2D eigenvalue weighted by atomic mass is 10.0. The van der Waals surface area contributed by atoms with Crippen molar-refractivity contribution in [2.24, 2.45) is 5.92 Å². The summed E-state index contributed by atoms with van der Waals surface area (Å²) in [5.41, 5.74) is 0.756. The van der Waals surface area contributed by atoms with Crippen molar-refractivity contribution in [3.8, 4) is 5.75 Å². The SMILES string of the molecule is COc1cccc(NC(=O)CN[C@H](C)CCC(C)C)c1. The van der Waals surface area contributed by atoms with Gasteiger partial charge in [-0.1, -0.05) is 19.9 Å². The fourth-order valence-electron chi connectivity index (χ4n) is 1.86. The largest absolute Gasteiger partial charge is 0.497 e. The quantitative estimate of drug-likeness (QED) is 0.768. The minimum absolute atomic E-state index is 0.0327. The fourth-order valence-corrected chi connectivity index (χ4v) is 1.86. The number of amides is 1. The molecule has 2 N–H and O–H groups in total. The Hall–Kier alpha value is -1.55. The summed E-state index contributed by atoms with van der Waals surface area (Å²) in [6.07, 6.45) is 2.26. The molecule has 20 heavy (non-hydrogen) atoms. The van der Waals surface area contributed by atoms with Crippen LogP contribution in [0.15, 0.2) is 24.3 Å². The highest BCUT2D eigenvalue weighted by molar-refractivity contribution is 5.92. The van der Waals surface area contributed by atoms with Gasteiger partial charge >= 0.3 is 0 Å². The highest BCUT2D eigenvalue weighted by Crippen LogP contribution is 2.16. The molecule has 0 aliphatic carbocycles. The van der Waals surface area contributed by atoms with Gasteiger partial charge in [0.05, 0.1) is 13.7 Å². The summed E-state index contributed by atoms with van der Waals surface area (Å²) < 4.78 is 5.12. The predicted octanol–water partition coefficient (Wildman–Crippen LogP) is 3.05. The Bertz CT molecular complexity index is 419. The normalized spacial score (nSPS) is 12.2. The molecule has 0 aliphatic rings. The zero-order chi connectivity index (χ0) is 15.0. The van der Waals surface area contributed by atoms with E-state index in [4.69, 9.17) is 4.74 Å². The van der Waals surface area contributed by atoms with Gasteiger partial charge in [0.2, 0.25) is 5.91 Å². The van der Waals surface area contributed by atoms with Gasteiger partial charge in [-0.2, -0.15) is 0 Å². The van der Waals surface area contributed by atoms with E-state index < -0.39 is 0 Å². The van der Waals surface area contributed by atoms with E-state index in [1.807, 2.05) is 18.2 Å². The number of nitrogens with one attached hydrogen (secondary N) is 2. The van der Waals surface area contributed by atoms with Gasteiger partial charge in [-0.3, -0.25) is 4.79 Å². The van der Waals surface area contributed by atoms with Crippen molar-refractivity contribution in [2.75, 3.05) is 19.0 Å². The van der Waals surface area contributed by atoms with Crippen molar-refractivity contribution >= 4 is 11.6 Å². The van der Waals surface area contributed by atoms with Crippen LogP contribution in [-0.4, -0.2) is 25.6 Å². The maximum absolute atomic E-state index is 11.8. The summed E-state index contributed by atoms with van der Waals surface area (Å²) in [5.74, 6) is 1.40. The predicted molar refractivity (Wildman–Crippen MR) is 83.2 cm³/mol. The Kier molecular flexibility index (Phi) is 7.09. The van der Waals surface area contributed by atoms with Crippen LogP contribution in [0.25, 0.3) is 0 Å². The minimum Gasteiger partial charge on any atom is -0.497 e. The van der Waals surface area contributed by atoms with Crippen LogP contribution in [0.3, 0.4) is 0 Å². The standard InChI is InChI=1S/C16H26N2O2/c1-12(2)8-9-13(3)17-11-16(19)18-14-6-5-7-15(10-14)20-4/h5-7,10,12-13,17H,8-9,11H2,1-4H3,(H,18,19)/t13-/m1/s1. The highest BCUT2D eigenvalue weighted by atomic mass is 16.5. The van der Waals surface area contributed by atoms with Crippen LogP contribution in [0, 0.1) is 5.92 Å². The molecule has 0 radical (unpaired) electrons. The summed E-state index contributed by atoms with van der Waals surface area (Å²) in [4.78, 5) is 11.8. The maximum Gasteiger partial charge on any atom is 0.238 e. The molecule has 0 spiro atoms. The zero-order valence-electron chi connectivity index (χ0n) is 12.9. The van der Waals surface area contributed by atoms with Crippen LogP contribution in [0.2, 0.25) is 0 Å². The summed E-state index contributed by atoms with van der Waals surface area (Å²) >= 11 is 0. The van der Waals surface area contributed by atoms with Gasteiger partial charge in [-0.25, -0.2) is 0 Å². The Morgan fingerprint density at radius 3 is 2.65 bits per heavy atom. The van der Waals surface area contributed by atoms with E-state index in [0.29, 0.717) is 18.5 Å². The molecular weight excluding hydrogens is 252 g/mol. The average Bonchev–Trinajstić information content (AvgIpc) is 2.43. The first kappa shape index (κ1) is 16.5. The molecule has 0 fully saturated rings. The van der Waals surface area contributed by atoms with Crippen LogP contribution in [-0.2, 0) is 4.79 Å². The molecular formula is C16H26N2O2. The Morgan fingerprint density at radius 1 is 1.25 bits per heavy atom. The average molecular weight is 278 g/mol. The van der Waals surface area contributed by atoms with Crippen LogP contribution < -0.4 is 15.4 Å². The molecule has 112 valence electrons. The lowest BCUT2D eigenvalue weighted by molar-refractivity contribution is -0.115. The lowest BCUT2D eigenvalue weighted by Crippen LogP contribution is -2.34. The van der Waals surface area contributed by atoms with Crippen molar-refractivity contribution in [3.63, 3.8) is 0 Å². The number of hydrogen-bond acceptors (Lipinski definition) is 3. The summed E-state index contributed by atoms with van der Waals surface area (Å²) in [7, 11) is 1.61. The van der Waals surface area contributed by atoms with Crippen LogP contribution in [0.1, 0.15) is 33.6 Å². The molecule has 0 bridgehead atoms. The lowest BCUT2D eigenvalue weighted by Gasteiger charge is -2.15. The first-order valence-corrected chi connectivity index (χ1v) is 7.18. The van der Waals surface area contributed by atoms with Crippen LogP contribution >= 0.6 is 0 Å². The number of ether oxygens (including phenoxy) is 1. The first-order chi connectivity index (χ1) is 9.51. The molecule has 0 saturated carbocycles. The smallest absolute Gasteiger partial charge is 0.238 e. The van der Waals surface area contributed by atoms with Gasteiger partial charge in [0, 0.05) is 17.8 Å². The number of rotatable bonds is 8. The Morgan fingerprint density at radius 2 is 2.00 bits per heavy atom. The minimum atomic E-state index is -0.0327. The second-order valence-corrected chi connectivity index (χ2v) is 5.53. The second kappa shape index (κ2) is 8.59. The van der Waals surface area contributed by atoms with E-state index in [9.17, 15) is 4.79 Å². The number of carbonyl (C=O) groups is 1. The van der Waals surface area contributed by atoms with Gasteiger partial charge in [0.25, 0.3) is 0 Å². The number of hydrogen-bond donors (Lipinski definition) is 2. The van der Waals surface area contributed by atoms with E-state index in [1.54, 1.807) is 13.2 Å². The molecule has 4 nitrogen and oxygen atoms in total. The van der Waals surface area contributed by atoms with E-state index in [1.165, 1.54) is 6.42 Å². The van der Waals surface area contributed by atoms with Gasteiger partial charge in [-0.15, -0.1) is 0 Å². The Labute approximate surface area is 121 Å². The zero-order valence-corrected chi connectivity index (χ0v) is 12.9. The summed E-state index contributed by atoms with van der Waals surface area (Å²) in [6.45, 7) is 6.86. The van der Waals surface area contributed by atoms with Crippen molar-refractivity contribution < 1.29 is 9.53 Å². The highest BCUT2D eigenvalue weighted by Gasteiger charge is 2.07. The monoisotopic (exact) mass is 278 g/mol.